The molecule has 0 atom stereocenters. The van der Waals surface area contributed by atoms with Crippen LogP contribution in [-0.4, -0.2) is 35.9 Å². The molecule has 2 aromatic carbocycles. The number of para-hydroxylation sites is 1. The molecule has 3 rings (SSSR count). The summed E-state index contributed by atoms with van der Waals surface area (Å²) in [5, 5.41) is 10.9. The van der Waals surface area contributed by atoms with Gasteiger partial charge >= 0.3 is 0 Å². The van der Waals surface area contributed by atoms with Crippen molar-refractivity contribution in [1.82, 2.24) is 20.4 Å². The van der Waals surface area contributed by atoms with Crippen molar-refractivity contribution >= 4 is 29.9 Å². The van der Waals surface area contributed by atoms with Crippen LogP contribution < -0.4 is 15.4 Å². The molecule has 1 aromatic heterocycles. The largest absolute Gasteiger partial charge is 0.494 e. The number of nitrogens with one attached hydrogen (secondary N) is 2. The van der Waals surface area contributed by atoms with E-state index in [1.165, 1.54) is 5.56 Å². The summed E-state index contributed by atoms with van der Waals surface area (Å²) in [6, 6.07) is 20.1. The first-order valence-corrected chi connectivity index (χ1v) is 9.06. The molecule has 0 amide bonds. The van der Waals surface area contributed by atoms with E-state index in [-0.39, 0.29) is 24.0 Å². The fourth-order valence-corrected chi connectivity index (χ4v) is 2.58. The number of rotatable bonds is 8. The van der Waals surface area contributed by atoms with Crippen molar-refractivity contribution in [3.8, 4) is 11.4 Å². The molecule has 0 radical (unpaired) electrons. The first-order chi connectivity index (χ1) is 13.3. The molecular formula is C21H26IN5O. The molecule has 0 unspecified atom stereocenters. The van der Waals surface area contributed by atoms with Crippen LogP contribution >= 0.6 is 24.0 Å². The zero-order valence-electron chi connectivity index (χ0n) is 15.9. The van der Waals surface area contributed by atoms with Crippen molar-refractivity contribution in [3.63, 3.8) is 0 Å². The van der Waals surface area contributed by atoms with Gasteiger partial charge in [0.2, 0.25) is 0 Å². The molecular weight excluding hydrogens is 465 g/mol. The van der Waals surface area contributed by atoms with Crippen molar-refractivity contribution < 1.29 is 4.74 Å². The Labute approximate surface area is 183 Å². The van der Waals surface area contributed by atoms with Crippen molar-refractivity contribution in [2.24, 2.45) is 4.99 Å². The predicted octanol–water partition coefficient (Wildman–Crippen LogP) is 3.62. The van der Waals surface area contributed by atoms with Gasteiger partial charge in [0.25, 0.3) is 0 Å². The lowest BCUT2D eigenvalue weighted by Crippen LogP contribution is -2.37. The Balaban J connectivity index is 0.00000280. The van der Waals surface area contributed by atoms with E-state index in [9.17, 15) is 0 Å². The van der Waals surface area contributed by atoms with E-state index in [4.69, 9.17) is 4.74 Å². The summed E-state index contributed by atoms with van der Waals surface area (Å²) < 4.78 is 7.53. The van der Waals surface area contributed by atoms with Crippen LogP contribution in [0.5, 0.6) is 5.75 Å². The molecule has 0 aliphatic rings. The summed E-state index contributed by atoms with van der Waals surface area (Å²) in [5.41, 5.74) is 2.23. The predicted molar refractivity (Wildman–Crippen MR) is 124 cm³/mol. The van der Waals surface area contributed by atoms with Gasteiger partial charge in [-0.1, -0.05) is 30.3 Å². The van der Waals surface area contributed by atoms with E-state index < -0.39 is 0 Å². The van der Waals surface area contributed by atoms with Gasteiger partial charge < -0.3 is 15.4 Å². The summed E-state index contributed by atoms with van der Waals surface area (Å²) in [6.07, 6.45) is 4.60. The van der Waals surface area contributed by atoms with E-state index in [0.717, 1.165) is 30.4 Å². The fraction of sp³-hybridized carbons (Fsp3) is 0.238. The summed E-state index contributed by atoms with van der Waals surface area (Å²) in [7, 11) is 1.77. The molecule has 0 aliphatic heterocycles. The van der Waals surface area contributed by atoms with Crippen LogP contribution in [0.4, 0.5) is 0 Å². The van der Waals surface area contributed by atoms with E-state index >= 15 is 0 Å². The molecule has 148 valence electrons. The van der Waals surface area contributed by atoms with Crippen LogP contribution in [0.2, 0.25) is 0 Å². The molecule has 2 N–H and O–H groups in total. The Bertz CT molecular complexity index is 820. The molecule has 7 heteroatoms. The maximum Gasteiger partial charge on any atom is 0.191 e. The molecule has 28 heavy (non-hydrogen) atoms. The van der Waals surface area contributed by atoms with Crippen LogP contribution in [0.25, 0.3) is 5.69 Å². The first kappa shape index (κ1) is 21.7. The van der Waals surface area contributed by atoms with E-state index in [1.807, 2.05) is 47.3 Å². The molecule has 0 spiro atoms. The minimum atomic E-state index is 0. The quantitative estimate of drug-likeness (QED) is 0.219. The standard InChI is InChI=1S/C21H25N5O.HI/c1-22-21(23-13-6-16-27-20-7-3-2-4-8-20)24-17-18-9-11-19(12-10-18)26-15-5-14-25-26;/h2-5,7-12,14-15H,6,13,16-17H2,1H3,(H2,22,23,24);1H. The van der Waals surface area contributed by atoms with Crippen LogP contribution in [0.1, 0.15) is 12.0 Å². The summed E-state index contributed by atoms with van der Waals surface area (Å²) in [4.78, 5) is 4.26. The Morgan fingerprint density at radius 3 is 2.50 bits per heavy atom. The highest BCUT2D eigenvalue weighted by atomic mass is 127. The Morgan fingerprint density at radius 1 is 1.04 bits per heavy atom. The van der Waals surface area contributed by atoms with Crippen LogP contribution in [-0.2, 0) is 6.54 Å². The Kier molecular flexibility index (Phi) is 9.33. The average Bonchev–Trinajstić information content (AvgIpc) is 3.26. The third kappa shape index (κ3) is 6.88. The number of hydrogen-bond donors (Lipinski definition) is 2. The number of halogens is 1. The molecule has 0 saturated carbocycles. The normalized spacial score (nSPS) is 10.8. The molecule has 3 aromatic rings. The van der Waals surface area contributed by atoms with Crippen LogP contribution in [0.3, 0.4) is 0 Å². The third-order valence-electron chi connectivity index (χ3n) is 4.01. The topological polar surface area (TPSA) is 63.5 Å². The Hall–Kier alpha value is -2.55. The molecule has 0 bridgehead atoms. The van der Waals surface area contributed by atoms with Crippen LogP contribution in [0, 0.1) is 0 Å². The van der Waals surface area contributed by atoms with Crippen molar-refractivity contribution in [2.45, 2.75) is 13.0 Å². The molecule has 0 fully saturated rings. The van der Waals surface area contributed by atoms with Gasteiger partial charge in [-0.2, -0.15) is 5.10 Å². The van der Waals surface area contributed by atoms with Crippen LogP contribution in [0.15, 0.2) is 78.0 Å². The maximum atomic E-state index is 5.69. The number of guanidine groups is 1. The highest BCUT2D eigenvalue weighted by Gasteiger charge is 2.00. The van der Waals surface area contributed by atoms with Crippen molar-refractivity contribution in [3.05, 3.63) is 78.6 Å². The fourth-order valence-electron chi connectivity index (χ4n) is 2.58. The lowest BCUT2D eigenvalue weighted by molar-refractivity contribution is 0.311. The second-order valence-electron chi connectivity index (χ2n) is 5.98. The van der Waals surface area contributed by atoms with Gasteiger partial charge in [0.15, 0.2) is 5.96 Å². The summed E-state index contributed by atoms with van der Waals surface area (Å²) in [6.45, 7) is 2.17. The number of ether oxygens (including phenoxy) is 1. The first-order valence-electron chi connectivity index (χ1n) is 9.06. The highest BCUT2D eigenvalue weighted by Crippen LogP contribution is 2.09. The third-order valence-corrected chi connectivity index (χ3v) is 4.01. The van der Waals surface area contributed by atoms with Gasteiger partial charge in [-0.05, 0) is 42.3 Å². The molecule has 0 saturated heterocycles. The number of nitrogens with zero attached hydrogens (tertiary/aromatic N) is 3. The number of hydrogen-bond acceptors (Lipinski definition) is 3. The van der Waals surface area contributed by atoms with Crippen molar-refractivity contribution in [2.75, 3.05) is 20.2 Å². The zero-order chi connectivity index (χ0) is 18.7. The minimum Gasteiger partial charge on any atom is -0.494 e. The van der Waals surface area contributed by atoms with Gasteiger partial charge in [-0.15, -0.1) is 24.0 Å². The highest BCUT2D eigenvalue weighted by molar-refractivity contribution is 14.0. The van der Waals surface area contributed by atoms with E-state index in [1.54, 1.807) is 13.2 Å². The molecule has 6 nitrogen and oxygen atoms in total. The van der Waals surface area contributed by atoms with Crippen molar-refractivity contribution in [1.29, 1.82) is 0 Å². The van der Waals surface area contributed by atoms with E-state index in [0.29, 0.717) is 13.2 Å². The van der Waals surface area contributed by atoms with Gasteiger partial charge in [0.1, 0.15) is 5.75 Å². The maximum absolute atomic E-state index is 5.69. The van der Waals surface area contributed by atoms with Gasteiger partial charge in [-0.25, -0.2) is 4.68 Å². The monoisotopic (exact) mass is 491 g/mol. The Morgan fingerprint density at radius 2 is 1.82 bits per heavy atom. The van der Waals surface area contributed by atoms with Gasteiger partial charge in [-0.3, -0.25) is 4.99 Å². The number of benzene rings is 2. The smallest absolute Gasteiger partial charge is 0.191 e. The second kappa shape index (κ2) is 12.0. The average molecular weight is 491 g/mol. The van der Waals surface area contributed by atoms with E-state index in [2.05, 4.69) is 45.0 Å². The number of aromatic nitrogens is 2. The molecule has 1 heterocycles. The zero-order valence-corrected chi connectivity index (χ0v) is 18.2. The second-order valence-corrected chi connectivity index (χ2v) is 5.98. The van der Waals surface area contributed by atoms with Gasteiger partial charge in [0, 0.05) is 32.5 Å². The number of aliphatic imine (C=N–C) groups is 1. The summed E-state index contributed by atoms with van der Waals surface area (Å²) >= 11 is 0. The minimum absolute atomic E-state index is 0. The summed E-state index contributed by atoms with van der Waals surface area (Å²) in [5.74, 6) is 1.68. The SMILES string of the molecule is CN=C(NCCCOc1ccccc1)NCc1ccc(-n2cccn2)cc1.I. The molecule has 0 aliphatic carbocycles. The lowest BCUT2D eigenvalue weighted by atomic mass is 10.2. The van der Waals surface area contributed by atoms with Gasteiger partial charge in [0.05, 0.1) is 12.3 Å². The lowest BCUT2D eigenvalue weighted by Gasteiger charge is -2.12.